The van der Waals surface area contributed by atoms with Crippen LogP contribution in [0.4, 0.5) is 28.4 Å². The molecule has 0 saturated heterocycles. The lowest BCUT2D eigenvalue weighted by Gasteiger charge is -2.30. The molecule has 2 nitrogen and oxygen atoms in total. The Kier molecular flexibility index (Phi) is 8.30. The standard InChI is InChI=1S/C60H44N2/c1-4-16-39(17-5-2)61(40-18-8-6-9-19-40)53-36-34-51-55-43(22-12-26-47(53)55)45-24-14-29-50-57(45)59(51)49-28-15-25-46-44-23-13-27-48-54(37-35-52(56(44)48)60(50)58(46)49)62(41-20-10-7-11-21-41)42-32-30-38(3)31-33-42/h4,6-16,18-37H,1,5,17H2,2-3H3/b39-16+. The van der Waals surface area contributed by atoms with E-state index >= 15 is 0 Å². The van der Waals surface area contributed by atoms with Crippen LogP contribution in [0.25, 0.3) is 86.2 Å². The van der Waals surface area contributed by atoms with Crippen LogP contribution >= 0.6 is 0 Å². The summed E-state index contributed by atoms with van der Waals surface area (Å²) in [5.41, 5.74) is 8.26. The van der Waals surface area contributed by atoms with Gasteiger partial charge in [-0.15, -0.1) is 0 Å². The summed E-state index contributed by atoms with van der Waals surface area (Å²) in [6.07, 6.45) is 6.08. The summed E-state index contributed by atoms with van der Waals surface area (Å²) in [6.45, 7) is 8.53. The molecule has 12 aromatic carbocycles. The summed E-state index contributed by atoms with van der Waals surface area (Å²) in [5.74, 6) is 0. The van der Waals surface area contributed by atoms with Gasteiger partial charge in [0.2, 0.25) is 0 Å². The van der Waals surface area contributed by atoms with Crippen molar-refractivity contribution in [1.29, 1.82) is 0 Å². The van der Waals surface area contributed by atoms with Gasteiger partial charge in [-0.25, -0.2) is 0 Å². The summed E-state index contributed by atoms with van der Waals surface area (Å²) in [5, 5.41) is 20.8. The molecule has 12 aromatic rings. The number of allylic oxidation sites excluding steroid dienone is 3. The van der Waals surface area contributed by atoms with Crippen LogP contribution in [0.15, 0.2) is 206 Å². The highest BCUT2D eigenvalue weighted by atomic mass is 15.2. The molecule has 0 bridgehead atoms. The number of fused-ring (bicyclic) bond motifs is 6. The summed E-state index contributed by atoms with van der Waals surface area (Å²) >= 11 is 0. The van der Waals surface area contributed by atoms with Gasteiger partial charge in [0.25, 0.3) is 0 Å². The molecular weight excluding hydrogens is 749 g/mol. The number of para-hydroxylation sites is 2. The maximum absolute atomic E-state index is 4.13. The average molecular weight is 793 g/mol. The van der Waals surface area contributed by atoms with Crippen molar-refractivity contribution in [2.45, 2.75) is 26.7 Å². The van der Waals surface area contributed by atoms with Crippen molar-refractivity contribution in [2.24, 2.45) is 0 Å². The molecule has 0 heterocycles. The van der Waals surface area contributed by atoms with Gasteiger partial charge < -0.3 is 9.80 Å². The third kappa shape index (κ3) is 5.23. The van der Waals surface area contributed by atoms with E-state index in [-0.39, 0.29) is 0 Å². The molecule has 0 amide bonds. The molecule has 0 aliphatic rings. The van der Waals surface area contributed by atoms with Gasteiger partial charge in [-0.05, 0) is 143 Å². The van der Waals surface area contributed by atoms with Crippen molar-refractivity contribution in [2.75, 3.05) is 9.80 Å². The van der Waals surface area contributed by atoms with E-state index in [9.17, 15) is 0 Å². The predicted molar refractivity (Wildman–Crippen MR) is 270 cm³/mol. The Morgan fingerprint density at radius 3 is 1.35 bits per heavy atom. The lowest BCUT2D eigenvalue weighted by atomic mass is 9.81. The van der Waals surface area contributed by atoms with E-state index < -0.39 is 0 Å². The van der Waals surface area contributed by atoms with Crippen LogP contribution in [0, 0.1) is 6.92 Å². The Labute approximate surface area is 361 Å². The first-order valence-electron chi connectivity index (χ1n) is 21.9. The second-order valence-electron chi connectivity index (χ2n) is 16.7. The van der Waals surface area contributed by atoms with Crippen LogP contribution in [0.5, 0.6) is 0 Å². The number of hydrogen-bond acceptors (Lipinski definition) is 2. The Morgan fingerprint density at radius 1 is 0.403 bits per heavy atom. The van der Waals surface area contributed by atoms with Gasteiger partial charge in [-0.3, -0.25) is 0 Å². The highest BCUT2D eigenvalue weighted by Crippen LogP contribution is 2.53. The van der Waals surface area contributed by atoms with Gasteiger partial charge in [0.15, 0.2) is 0 Å². The monoisotopic (exact) mass is 792 g/mol. The minimum atomic E-state index is 0.939. The van der Waals surface area contributed by atoms with Crippen molar-refractivity contribution >= 4 is 115 Å². The van der Waals surface area contributed by atoms with Crippen molar-refractivity contribution in [3.05, 3.63) is 212 Å². The van der Waals surface area contributed by atoms with Crippen LogP contribution in [0.3, 0.4) is 0 Å². The van der Waals surface area contributed by atoms with Gasteiger partial charge in [-0.1, -0.05) is 165 Å². The smallest absolute Gasteiger partial charge is 0.0540 e. The highest BCUT2D eigenvalue weighted by molar-refractivity contribution is 6.48. The summed E-state index contributed by atoms with van der Waals surface area (Å²) in [7, 11) is 0. The van der Waals surface area contributed by atoms with E-state index in [2.05, 4.69) is 218 Å². The van der Waals surface area contributed by atoms with E-state index in [1.54, 1.807) is 0 Å². The van der Waals surface area contributed by atoms with Gasteiger partial charge >= 0.3 is 0 Å². The third-order valence-corrected chi connectivity index (χ3v) is 13.2. The fourth-order valence-electron chi connectivity index (χ4n) is 10.8. The normalized spacial score (nSPS) is 12.3. The molecule has 0 aliphatic carbocycles. The molecule has 0 N–H and O–H groups in total. The number of benzene rings is 12. The number of anilines is 5. The Balaban J connectivity index is 1.20. The third-order valence-electron chi connectivity index (χ3n) is 13.2. The molecule has 0 aliphatic heterocycles. The molecule has 0 fully saturated rings. The van der Waals surface area contributed by atoms with Crippen molar-refractivity contribution in [3.8, 4) is 0 Å². The van der Waals surface area contributed by atoms with Gasteiger partial charge in [0.1, 0.15) is 0 Å². The fraction of sp³-hybridized carbons (Fsp3) is 0.0667. The Bertz CT molecular complexity index is 3710. The molecular formula is C60H44N2. The largest absolute Gasteiger partial charge is 0.314 e. The van der Waals surface area contributed by atoms with Crippen LogP contribution in [0.1, 0.15) is 25.3 Å². The van der Waals surface area contributed by atoms with Gasteiger partial charge in [-0.2, -0.15) is 0 Å². The first-order valence-corrected chi connectivity index (χ1v) is 21.9. The van der Waals surface area contributed by atoms with Crippen LogP contribution in [-0.4, -0.2) is 0 Å². The molecule has 0 saturated carbocycles. The van der Waals surface area contributed by atoms with Gasteiger partial charge in [0.05, 0.1) is 11.4 Å². The number of rotatable bonds is 9. The lowest BCUT2D eigenvalue weighted by molar-refractivity contribution is 0.877. The zero-order chi connectivity index (χ0) is 41.5. The second-order valence-corrected chi connectivity index (χ2v) is 16.7. The maximum Gasteiger partial charge on any atom is 0.0540 e. The summed E-state index contributed by atoms with van der Waals surface area (Å²) in [6, 6.07) is 67.8. The summed E-state index contributed by atoms with van der Waals surface area (Å²) < 4.78 is 0. The zero-order valence-corrected chi connectivity index (χ0v) is 35.0. The first kappa shape index (κ1) is 36.2. The highest BCUT2D eigenvalue weighted by Gasteiger charge is 2.25. The number of nitrogens with zero attached hydrogens (tertiary/aromatic N) is 2. The van der Waals surface area contributed by atoms with E-state index in [0.29, 0.717) is 0 Å². The second kappa shape index (κ2) is 14.2. The zero-order valence-electron chi connectivity index (χ0n) is 35.0. The Hall–Kier alpha value is -7.68. The van der Waals surface area contributed by atoms with Crippen molar-refractivity contribution < 1.29 is 0 Å². The average Bonchev–Trinajstić information content (AvgIpc) is 3.32. The fourth-order valence-corrected chi connectivity index (χ4v) is 10.8. The molecule has 0 radical (unpaired) electrons. The molecule has 0 atom stereocenters. The van der Waals surface area contributed by atoms with E-state index in [4.69, 9.17) is 0 Å². The number of aryl methyl sites for hydroxylation is 1. The number of hydrogen-bond donors (Lipinski definition) is 0. The van der Waals surface area contributed by atoms with E-state index in [1.807, 2.05) is 6.08 Å². The van der Waals surface area contributed by atoms with E-state index in [1.165, 1.54) is 109 Å². The molecule has 62 heavy (non-hydrogen) atoms. The quantitative estimate of drug-likeness (QED) is 0.0816. The van der Waals surface area contributed by atoms with E-state index in [0.717, 1.165) is 29.9 Å². The Morgan fingerprint density at radius 2 is 0.823 bits per heavy atom. The topological polar surface area (TPSA) is 6.48 Å². The molecule has 2 heteroatoms. The molecule has 0 unspecified atom stereocenters. The van der Waals surface area contributed by atoms with Crippen LogP contribution < -0.4 is 9.80 Å². The lowest BCUT2D eigenvalue weighted by Crippen LogP contribution is -2.17. The maximum atomic E-state index is 4.13. The molecule has 12 rings (SSSR count). The molecule has 0 spiro atoms. The van der Waals surface area contributed by atoms with Crippen molar-refractivity contribution in [1.82, 2.24) is 0 Å². The molecule has 0 aromatic heterocycles. The SMILES string of the molecule is C=C/C=C(\CCC)N(c1ccccc1)c1ccc2c3c1cccc3c1cccc3c1c2c1cccc2c4cccc5c(N(c6ccccc6)c6ccc(C)cc6)ccc(c54)c3c21. The van der Waals surface area contributed by atoms with Crippen molar-refractivity contribution in [3.63, 3.8) is 0 Å². The summed E-state index contributed by atoms with van der Waals surface area (Å²) in [4.78, 5) is 4.87. The minimum Gasteiger partial charge on any atom is -0.314 e. The first-order chi connectivity index (χ1) is 30.6. The van der Waals surface area contributed by atoms with Crippen LogP contribution in [0.2, 0.25) is 0 Å². The molecule has 294 valence electrons. The van der Waals surface area contributed by atoms with Crippen LogP contribution in [-0.2, 0) is 0 Å². The predicted octanol–water partition coefficient (Wildman–Crippen LogP) is 17.6. The minimum absolute atomic E-state index is 0.939. The van der Waals surface area contributed by atoms with Gasteiger partial charge in [0, 0.05) is 33.5 Å².